The summed E-state index contributed by atoms with van der Waals surface area (Å²) in [6.07, 6.45) is 70.3. The van der Waals surface area contributed by atoms with E-state index in [1.165, 1.54) is 180 Å². The van der Waals surface area contributed by atoms with Crippen LogP contribution in [0.4, 0.5) is 0 Å². The number of ether oxygens (including phenoxy) is 2. The van der Waals surface area contributed by atoms with Crippen molar-refractivity contribution in [1.82, 2.24) is 0 Å². The summed E-state index contributed by atoms with van der Waals surface area (Å²) in [4.78, 5) is 35.0. The van der Waals surface area contributed by atoms with Gasteiger partial charge in [-0.05, 0) is 57.8 Å². The van der Waals surface area contributed by atoms with Gasteiger partial charge in [-0.15, -0.1) is 0 Å². The zero-order valence-corrected chi connectivity index (χ0v) is 46.4. The maximum atomic E-state index is 12.7. The minimum absolute atomic E-state index is 0.0552. The molecule has 0 spiro atoms. The highest BCUT2D eigenvalue weighted by Crippen LogP contribution is 2.43. The van der Waals surface area contributed by atoms with Gasteiger partial charge < -0.3 is 20.1 Å². The van der Waals surface area contributed by atoms with E-state index in [1.54, 1.807) is 0 Å². The summed E-state index contributed by atoms with van der Waals surface area (Å²) in [7, 11) is -4.38. The minimum Gasteiger partial charge on any atom is -0.462 e. The van der Waals surface area contributed by atoms with Gasteiger partial charge in [-0.1, -0.05) is 267 Å². The number of hydrogen-bond acceptors (Lipinski definition) is 8. The Morgan fingerprint density at radius 3 is 1.17 bits per heavy atom. The van der Waals surface area contributed by atoms with Crippen LogP contribution >= 0.6 is 7.82 Å². The van der Waals surface area contributed by atoms with Crippen molar-refractivity contribution >= 4 is 19.8 Å². The predicted molar refractivity (Wildman–Crippen MR) is 298 cm³/mol. The zero-order chi connectivity index (χ0) is 51.0. The molecule has 0 bridgehead atoms. The minimum atomic E-state index is -4.38. The van der Waals surface area contributed by atoms with Crippen molar-refractivity contribution in [2.45, 2.75) is 283 Å². The fraction of sp³-hybridized carbons (Fsp3) is 0.800. The molecule has 0 saturated carbocycles. The number of nitrogens with two attached hydrogens (primary N) is 1. The van der Waals surface area contributed by atoms with Gasteiger partial charge in [-0.3, -0.25) is 18.6 Å². The number of esters is 2. The molecule has 0 fully saturated rings. The Balaban J connectivity index is 3.73. The number of carbonyl (C=O) groups is 2. The van der Waals surface area contributed by atoms with Crippen molar-refractivity contribution in [1.29, 1.82) is 0 Å². The first-order valence-corrected chi connectivity index (χ1v) is 30.8. The molecule has 0 aliphatic carbocycles. The molecule has 0 aliphatic rings. The highest BCUT2D eigenvalue weighted by molar-refractivity contribution is 7.47. The van der Waals surface area contributed by atoms with Gasteiger partial charge in [0.25, 0.3) is 0 Å². The highest BCUT2D eigenvalue weighted by Gasteiger charge is 2.26. The van der Waals surface area contributed by atoms with Crippen molar-refractivity contribution in [2.24, 2.45) is 5.73 Å². The second kappa shape index (κ2) is 56.0. The lowest BCUT2D eigenvalue weighted by atomic mass is 10.0. The van der Waals surface area contributed by atoms with Crippen LogP contribution in [0, 0.1) is 0 Å². The SMILES string of the molecule is CC/C=C\C/C=C\C/C=C\C/C=C\C/C=C\CCCCCCCCCCCCCCCCCCCCCCCCCC(=O)OC(COC(=O)CCCCCCCCCCCC)COP(=O)(O)OCCN. The quantitative estimate of drug-likeness (QED) is 0.0264. The Hall–Kier alpha value is -2.29. The van der Waals surface area contributed by atoms with Crippen LogP contribution in [0.1, 0.15) is 277 Å². The molecule has 9 nitrogen and oxygen atoms in total. The van der Waals surface area contributed by atoms with Crippen LogP contribution in [-0.2, 0) is 32.7 Å². The van der Waals surface area contributed by atoms with Gasteiger partial charge in [0, 0.05) is 19.4 Å². The maximum Gasteiger partial charge on any atom is 0.472 e. The van der Waals surface area contributed by atoms with E-state index in [2.05, 4.69) is 74.6 Å². The average molecular weight is 1000 g/mol. The average Bonchev–Trinajstić information content (AvgIpc) is 3.35. The van der Waals surface area contributed by atoms with Gasteiger partial charge in [0.15, 0.2) is 6.10 Å². The van der Waals surface area contributed by atoms with Crippen molar-refractivity contribution in [3.8, 4) is 0 Å². The Bertz CT molecular complexity index is 1330. The summed E-state index contributed by atoms with van der Waals surface area (Å²) in [5.41, 5.74) is 5.36. The summed E-state index contributed by atoms with van der Waals surface area (Å²) in [6, 6.07) is 0. The van der Waals surface area contributed by atoms with Gasteiger partial charge in [-0.25, -0.2) is 4.57 Å². The van der Waals surface area contributed by atoms with E-state index in [4.69, 9.17) is 24.3 Å². The van der Waals surface area contributed by atoms with Crippen molar-refractivity contribution in [2.75, 3.05) is 26.4 Å². The number of rotatable bonds is 55. The van der Waals surface area contributed by atoms with Crippen molar-refractivity contribution in [3.05, 3.63) is 60.8 Å². The van der Waals surface area contributed by atoms with Gasteiger partial charge >= 0.3 is 19.8 Å². The molecule has 0 amide bonds. The standard InChI is InChI=1S/C60H110NO8P/c1-3-5-7-9-11-13-15-16-17-18-19-20-21-22-23-24-25-26-27-28-29-30-31-32-33-34-35-36-37-38-39-40-41-42-43-45-47-49-51-53-60(63)69-58(57-68-70(64,65)67-55-54-61)56-66-59(62)52-50-48-46-44-14-12-10-8-6-4-2/h5,7,11,13,16-17,19-20,22-23,58H,3-4,6,8-10,12,14-15,18,21,24-57,61H2,1-2H3,(H,64,65)/b7-5-,13-11-,17-16-,20-19-,23-22-. The van der Waals surface area contributed by atoms with Crippen LogP contribution in [0.15, 0.2) is 60.8 Å². The molecule has 2 atom stereocenters. The second-order valence-corrected chi connectivity index (χ2v) is 20.9. The van der Waals surface area contributed by atoms with Crippen molar-refractivity contribution < 1.29 is 37.6 Å². The fourth-order valence-corrected chi connectivity index (χ4v) is 9.14. The lowest BCUT2D eigenvalue weighted by molar-refractivity contribution is -0.161. The molecule has 0 saturated heterocycles. The third kappa shape index (κ3) is 55.0. The molecule has 10 heteroatoms. The normalized spacial score (nSPS) is 13.5. The molecule has 0 radical (unpaired) electrons. The van der Waals surface area contributed by atoms with E-state index in [9.17, 15) is 19.0 Å². The largest absolute Gasteiger partial charge is 0.472 e. The van der Waals surface area contributed by atoms with Crippen LogP contribution < -0.4 is 5.73 Å². The molecule has 0 rings (SSSR count). The number of allylic oxidation sites excluding steroid dienone is 10. The van der Waals surface area contributed by atoms with E-state index in [0.29, 0.717) is 6.42 Å². The topological polar surface area (TPSA) is 134 Å². The van der Waals surface area contributed by atoms with Crippen LogP contribution in [-0.4, -0.2) is 49.3 Å². The van der Waals surface area contributed by atoms with Crippen molar-refractivity contribution in [3.63, 3.8) is 0 Å². The Morgan fingerprint density at radius 1 is 0.443 bits per heavy atom. The smallest absolute Gasteiger partial charge is 0.462 e. The second-order valence-electron chi connectivity index (χ2n) is 19.5. The number of phosphoric ester groups is 1. The van der Waals surface area contributed by atoms with E-state index in [1.807, 2.05) is 0 Å². The maximum absolute atomic E-state index is 12.7. The first-order valence-electron chi connectivity index (χ1n) is 29.3. The highest BCUT2D eigenvalue weighted by atomic mass is 31.2. The summed E-state index contributed by atoms with van der Waals surface area (Å²) in [5.74, 6) is -0.818. The first-order chi connectivity index (χ1) is 34.3. The predicted octanol–water partition coefficient (Wildman–Crippen LogP) is 18.3. The third-order valence-corrected chi connectivity index (χ3v) is 13.7. The third-order valence-electron chi connectivity index (χ3n) is 12.7. The summed E-state index contributed by atoms with van der Waals surface area (Å²) >= 11 is 0. The Labute approximate surface area is 431 Å². The molecular weight excluding hydrogens is 894 g/mol. The van der Waals surface area contributed by atoms with Gasteiger partial charge in [-0.2, -0.15) is 0 Å². The Morgan fingerprint density at radius 2 is 0.786 bits per heavy atom. The van der Waals surface area contributed by atoms with Gasteiger partial charge in [0.05, 0.1) is 13.2 Å². The molecule has 3 N–H and O–H groups in total. The van der Waals surface area contributed by atoms with Crippen LogP contribution in [0.2, 0.25) is 0 Å². The lowest BCUT2D eigenvalue weighted by Gasteiger charge is -2.19. The van der Waals surface area contributed by atoms with E-state index >= 15 is 0 Å². The van der Waals surface area contributed by atoms with Crippen LogP contribution in [0.3, 0.4) is 0 Å². The lowest BCUT2D eigenvalue weighted by Crippen LogP contribution is -2.29. The summed E-state index contributed by atoms with van der Waals surface area (Å²) in [6.45, 7) is 3.64. The number of hydrogen-bond donors (Lipinski definition) is 2. The van der Waals surface area contributed by atoms with E-state index in [0.717, 1.165) is 64.2 Å². The van der Waals surface area contributed by atoms with Crippen LogP contribution in [0.5, 0.6) is 0 Å². The number of unbranched alkanes of at least 4 members (excludes halogenated alkanes) is 32. The van der Waals surface area contributed by atoms with Gasteiger partial charge in [0.2, 0.25) is 0 Å². The number of phosphoric acid groups is 1. The summed E-state index contributed by atoms with van der Waals surface area (Å²) < 4.78 is 32.9. The molecule has 0 aromatic heterocycles. The molecule has 0 aromatic rings. The van der Waals surface area contributed by atoms with Gasteiger partial charge in [0.1, 0.15) is 6.61 Å². The van der Waals surface area contributed by atoms with E-state index in [-0.39, 0.29) is 38.6 Å². The molecule has 0 aromatic carbocycles. The summed E-state index contributed by atoms with van der Waals surface area (Å²) in [5, 5.41) is 0. The van der Waals surface area contributed by atoms with Crippen LogP contribution in [0.25, 0.3) is 0 Å². The Kier molecular flexibility index (Phi) is 54.2. The molecular formula is C60H110NO8P. The fourth-order valence-electron chi connectivity index (χ4n) is 8.37. The molecule has 70 heavy (non-hydrogen) atoms. The molecule has 2 unspecified atom stereocenters. The molecule has 0 aliphatic heterocycles. The number of carbonyl (C=O) groups excluding carboxylic acids is 2. The molecule has 0 heterocycles. The molecule has 408 valence electrons. The van der Waals surface area contributed by atoms with E-state index < -0.39 is 26.5 Å². The zero-order valence-electron chi connectivity index (χ0n) is 45.5. The first kappa shape index (κ1) is 67.7. The monoisotopic (exact) mass is 1000 g/mol.